The van der Waals surface area contributed by atoms with Crippen molar-refractivity contribution in [2.24, 2.45) is 5.10 Å². The minimum atomic E-state index is -3.68. The molecule has 1 N–H and O–H groups in total. The summed E-state index contributed by atoms with van der Waals surface area (Å²) in [5.41, 5.74) is 3.46. The lowest BCUT2D eigenvalue weighted by Gasteiger charge is -2.25. The van der Waals surface area contributed by atoms with Gasteiger partial charge in [0.1, 0.15) is 24.1 Å². The zero-order valence-electron chi connectivity index (χ0n) is 16.6. The Morgan fingerprint density at radius 2 is 1.97 bits per heavy atom. The number of amides is 1. The summed E-state index contributed by atoms with van der Waals surface area (Å²) in [7, 11) is -2.20. The first-order chi connectivity index (χ1) is 14.3. The van der Waals surface area contributed by atoms with E-state index in [1.165, 1.54) is 13.3 Å². The van der Waals surface area contributed by atoms with E-state index in [1.54, 1.807) is 24.3 Å². The van der Waals surface area contributed by atoms with Crippen molar-refractivity contribution in [2.75, 3.05) is 35.7 Å². The summed E-state index contributed by atoms with van der Waals surface area (Å²) in [5, 5.41) is 3.91. The second-order valence-electron chi connectivity index (χ2n) is 6.61. The van der Waals surface area contributed by atoms with Crippen LogP contribution in [0.15, 0.2) is 53.6 Å². The lowest BCUT2D eigenvalue weighted by molar-refractivity contribution is -0.119. The number of ether oxygens (including phenoxy) is 2. The molecule has 0 bridgehead atoms. The van der Waals surface area contributed by atoms with Gasteiger partial charge in [-0.1, -0.05) is 6.07 Å². The maximum absolute atomic E-state index is 12.2. The summed E-state index contributed by atoms with van der Waals surface area (Å²) in [4.78, 5) is 12.2. The molecule has 1 saturated heterocycles. The molecule has 30 heavy (non-hydrogen) atoms. The van der Waals surface area contributed by atoms with E-state index in [2.05, 4.69) is 10.5 Å². The summed E-state index contributed by atoms with van der Waals surface area (Å²) in [6, 6.07) is 13.8. The fourth-order valence-electron chi connectivity index (χ4n) is 2.62. The average Bonchev–Trinajstić information content (AvgIpc) is 2.69. The van der Waals surface area contributed by atoms with E-state index in [1.807, 2.05) is 36.0 Å². The Labute approximate surface area is 180 Å². The Kier molecular flexibility index (Phi) is 7.22. The van der Waals surface area contributed by atoms with Crippen LogP contribution in [0, 0.1) is 0 Å². The van der Waals surface area contributed by atoms with Crippen LogP contribution in [-0.2, 0) is 14.8 Å². The first-order valence-corrected chi connectivity index (χ1v) is 12.1. The van der Waals surface area contributed by atoms with E-state index in [0.717, 1.165) is 33.4 Å². The molecule has 1 heterocycles. The quantitative estimate of drug-likeness (QED) is 0.465. The van der Waals surface area contributed by atoms with Crippen LogP contribution in [0.4, 0.5) is 5.69 Å². The third-order valence-electron chi connectivity index (χ3n) is 4.22. The number of hydrogen-bond donors (Lipinski definition) is 1. The molecule has 0 unspecified atom stereocenters. The highest BCUT2D eigenvalue weighted by atomic mass is 32.2. The smallest absolute Gasteiger partial charge is 0.260 e. The van der Waals surface area contributed by atoms with Gasteiger partial charge in [0.25, 0.3) is 5.91 Å². The molecule has 1 aliphatic rings. The Morgan fingerprint density at radius 1 is 1.23 bits per heavy atom. The number of hydrogen-bond acceptors (Lipinski definition) is 7. The Balaban J connectivity index is 1.58. The second kappa shape index (κ2) is 9.86. The van der Waals surface area contributed by atoms with E-state index in [-0.39, 0.29) is 6.10 Å². The number of sulfonamides is 1. The van der Waals surface area contributed by atoms with Gasteiger partial charge in [-0.05, 0) is 42.0 Å². The summed E-state index contributed by atoms with van der Waals surface area (Å²) >= 11 is 1.85. The molecule has 3 rings (SSSR count). The molecule has 0 atom stereocenters. The number of nitrogens with zero attached hydrogens (tertiary/aromatic N) is 2. The van der Waals surface area contributed by atoms with Gasteiger partial charge < -0.3 is 9.47 Å². The molecule has 1 fully saturated rings. The number of hydrazone groups is 1. The number of benzene rings is 2. The van der Waals surface area contributed by atoms with Crippen molar-refractivity contribution >= 4 is 39.6 Å². The van der Waals surface area contributed by atoms with Gasteiger partial charge >= 0.3 is 0 Å². The molecule has 10 heteroatoms. The Hall–Kier alpha value is -2.72. The summed E-state index contributed by atoms with van der Waals surface area (Å²) in [6.45, 7) is -0.407. The molecule has 0 aliphatic carbocycles. The minimum absolute atomic E-state index is 0.274. The van der Waals surface area contributed by atoms with Crippen LogP contribution >= 0.6 is 11.8 Å². The largest absolute Gasteiger partial charge is 0.497 e. The van der Waals surface area contributed by atoms with Gasteiger partial charge in [0.05, 0.1) is 25.3 Å². The van der Waals surface area contributed by atoms with Gasteiger partial charge in [0.2, 0.25) is 10.0 Å². The zero-order valence-corrected chi connectivity index (χ0v) is 18.3. The Morgan fingerprint density at radius 3 is 2.57 bits per heavy atom. The van der Waals surface area contributed by atoms with E-state index >= 15 is 0 Å². The number of carbonyl (C=O) groups is 1. The summed E-state index contributed by atoms with van der Waals surface area (Å²) < 4.78 is 36.2. The van der Waals surface area contributed by atoms with Crippen molar-refractivity contribution in [2.45, 2.75) is 6.10 Å². The number of nitrogens with one attached hydrogen (secondary N) is 1. The molecule has 2 aromatic carbocycles. The van der Waals surface area contributed by atoms with Gasteiger partial charge in [0, 0.05) is 17.6 Å². The maximum atomic E-state index is 12.2. The molecule has 0 radical (unpaired) electrons. The van der Waals surface area contributed by atoms with Gasteiger partial charge in [-0.2, -0.15) is 16.9 Å². The highest BCUT2D eigenvalue weighted by molar-refractivity contribution is 8.00. The number of methoxy groups -OCH3 is 1. The number of thioether (sulfide) groups is 1. The molecule has 1 amide bonds. The fourth-order valence-corrected chi connectivity index (χ4v) is 4.03. The SMILES string of the molecule is COc1cccc(N(CC(=O)N/N=C\c2ccc(OC3CSC3)cc2)S(C)(=O)=O)c1. The van der Waals surface area contributed by atoms with Crippen molar-refractivity contribution in [1.29, 1.82) is 0 Å². The predicted octanol–water partition coefficient (Wildman–Crippen LogP) is 2.11. The first-order valence-electron chi connectivity index (χ1n) is 9.13. The molecule has 0 saturated carbocycles. The van der Waals surface area contributed by atoms with Crippen molar-refractivity contribution in [3.8, 4) is 11.5 Å². The second-order valence-corrected chi connectivity index (χ2v) is 9.59. The Bertz CT molecular complexity index is 1010. The van der Waals surface area contributed by atoms with Crippen LogP contribution in [0.1, 0.15) is 5.56 Å². The normalized spacial score (nSPS) is 14.2. The summed E-state index contributed by atoms with van der Waals surface area (Å²) in [5.74, 6) is 2.74. The maximum Gasteiger partial charge on any atom is 0.260 e. The molecular weight excluding hydrogens is 426 g/mol. The van der Waals surface area contributed by atoms with Crippen LogP contribution in [0.25, 0.3) is 0 Å². The minimum Gasteiger partial charge on any atom is -0.497 e. The molecule has 8 nitrogen and oxygen atoms in total. The number of rotatable bonds is 9. The number of anilines is 1. The zero-order chi connectivity index (χ0) is 21.6. The first kappa shape index (κ1) is 22.0. The van der Waals surface area contributed by atoms with Crippen LogP contribution in [0.5, 0.6) is 11.5 Å². The van der Waals surface area contributed by atoms with Crippen LogP contribution in [0.3, 0.4) is 0 Å². The van der Waals surface area contributed by atoms with E-state index in [9.17, 15) is 13.2 Å². The molecule has 0 spiro atoms. The van der Waals surface area contributed by atoms with Gasteiger partial charge in [-0.15, -0.1) is 0 Å². The van der Waals surface area contributed by atoms with Gasteiger partial charge in [0.15, 0.2) is 0 Å². The number of carbonyl (C=O) groups excluding carboxylic acids is 1. The lowest BCUT2D eigenvalue weighted by Crippen LogP contribution is -2.39. The predicted molar refractivity (Wildman–Crippen MR) is 119 cm³/mol. The monoisotopic (exact) mass is 449 g/mol. The molecular formula is C20H23N3O5S2. The summed E-state index contributed by atoms with van der Waals surface area (Å²) in [6.07, 6.45) is 2.79. The molecule has 1 aliphatic heterocycles. The van der Waals surface area contributed by atoms with Crippen LogP contribution in [0.2, 0.25) is 0 Å². The topological polar surface area (TPSA) is 97.3 Å². The van der Waals surface area contributed by atoms with Crippen molar-refractivity contribution in [3.63, 3.8) is 0 Å². The van der Waals surface area contributed by atoms with E-state index < -0.39 is 22.5 Å². The standard InChI is InChI=1S/C20H23N3O5S2/c1-27-18-5-3-4-16(10-18)23(30(2,25)26)12-20(24)22-21-11-15-6-8-17(9-7-15)28-19-13-29-14-19/h3-11,19H,12-14H2,1-2H3,(H,22,24)/b21-11-. The van der Waals surface area contributed by atoms with E-state index in [4.69, 9.17) is 9.47 Å². The van der Waals surface area contributed by atoms with Crippen molar-refractivity contribution in [1.82, 2.24) is 5.43 Å². The third-order valence-corrected chi connectivity index (χ3v) is 6.58. The van der Waals surface area contributed by atoms with Gasteiger partial charge in [-0.25, -0.2) is 13.8 Å². The highest BCUT2D eigenvalue weighted by Gasteiger charge is 2.21. The van der Waals surface area contributed by atoms with Gasteiger partial charge in [-0.3, -0.25) is 9.10 Å². The molecule has 2 aromatic rings. The molecule has 160 valence electrons. The van der Waals surface area contributed by atoms with Crippen LogP contribution < -0.4 is 19.2 Å². The highest BCUT2D eigenvalue weighted by Crippen LogP contribution is 2.24. The fraction of sp³-hybridized carbons (Fsp3) is 0.300. The van der Waals surface area contributed by atoms with Crippen molar-refractivity contribution < 1.29 is 22.7 Å². The van der Waals surface area contributed by atoms with Crippen molar-refractivity contribution in [3.05, 3.63) is 54.1 Å². The average molecular weight is 450 g/mol. The van der Waals surface area contributed by atoms with Crippen LogP contribution in [-0.4, -0.2) is 58.1 Å². The third kappa shape index (κ3) is 6.14. The molecule has 0 aromatic heterocycles. The van der Waals surface area contributed by atoms with E-state index in [0.29, 0.717) is 11.4 Å². The lowest BCUT2D eigenvalue weighted by atomic mass is 10.2.